The van der Waals surface area contributed by atoms with Gasteiger partial charge in [-0.2, -0.15) is 5.10 Å². The highest BCUT2D eigenvalue weighted by atomic mass is 35.5. The molecule has 0 radical (unpaired) electrons. The van der Waals surface area contributed by atoms with Crippen molar-refractivity contribution in [2.45, 2.75) is 26.4 Å². The first-order valence-corrected chi connectivity index (χ1v) is 6.42. The third kappa shape index (κ3) is 3.12. The number of aryl methyl sites for hydroxylation is 2. The van der Waals surface area contributed by atoms with Crippen LogP contribution >= 0.6 is 11.6 Å². The lowest BCUT2D eigenvalue weighted by Gasteiger charge is -2.14. The Bertz CT molecular complexity index is 516. The Labute approximate surface area is 113 Å². The first kappa shape index (κ1) is 13.1. The molecule has 0 aliphatic carbocycles. The molecule has 18 heavy (non-hydrogen) atoms. The molecule has 1 unspecified atom stereocenters. The fraction of sp³-hybridized carbons (Fsp3) is 0.357. The summed E-state index contributed by atoms with van der Waals surface area (Å²) in [7, 11) is 1.97. The molecular formula is C14H18ClN3. The van der Waals surface area contributed by atoms with Crippen LogP contribution in [0.15, 0.2) is 30.3 Å². The maximum Gasteiger partial charge on any atom is 0.0597 e. The van der Waals surface area contributed by atoms with Gasteiger partial charge in [0.2, 0.25) is 0 Å². The molecule has 4 heteroatoms. The van der Waals surface area contributed by atoms with E-state index in [1.54, 1.807) is 0 Å². The summed E-state index contributed by atoms with van der Waals surface area (Å²) in [6.07, 6.45) is 0. The lowest BCUT2D eigenvalue weighted by molar-refractivity contribution is 0.548. The highest BCUT2D eigenvalue weighted by molar-refractivity contribution is 6.30. The van der Waals surface area contributed by atoms with E-state index in [-0.39, 0.29) is 6.04 Å². The third-order valence-electron chi connectivity index (χ3n) is 3.06. The van der Waals surface area contributed by atoms with Crippen LogP contribution in [-0.2, 0) is 13.6 Å². The number of rotatable bonds is 4. The number of benzene rings is 1. The molecule has 3 nitrogen and oxygen atoms in total. The Hall–Kier alpha value is -1.32. The topological polar surface area (TPSA) is 29.9 Å². The Kier molecular flexibility index (Phi) is 4.04. The van der Waals surface area contributed by atoms with Gasteiger partial charge >= 0.3 is 0 Å². The van der Waals surface area contributed by atoms with Crippen LogP contribution in [-0.4, -0.2) is 9.78 Å². The van der Waals surface area contributed by atoms with Gasteiger partial charge in [-0.25, -0.2) is 0 Å². The SMILES string of the molecule is Cc1cc(CNC(C)c2ccc(Cl)cc2)n(C)n1. The summed E-state index contributed by atoms with van der Waals surface area (Å²) < 4.78 is 1.91. The predicted octanol–water partition coefficient (Wildman–Crippen LogP) is 3.23. The van der Waals surface area contributed by atoms with Gasteiger partial charge in [-0.05, 0) is 37.6 Å². The minimum absolute atomic E-state index is 0.289. The Morgan fingerprint density at radius 2 is 2.00 bits per heavy atom. The largest absolute Gasteiger partial charge is 0.305 e. The lowest BCUT2D eigenvalue weighted by atomic mass is 10.1. The molecule has 1 N–H and O–H groups in total. The van der Waals surface area contributed by atoms with E-state index in [2.05, 4.69) is 35.5 Å². The first-order valence-electron chi connectivity index (χ1n) is 6.04. The minimum Gasteiger partial charge on any atom is -0.305 e. The zero-order chi connectivity index (χ0) is 13.1. The number of nitrogens with zero attached hydrogens (tertiary/aromatic N) is 2. The van der Waals surface area contributed by atoms with E-state index in [4.69, 9.17) is 11.6 Å². The van der Waals surface area contributed by atoms with Crippen LogP contribution in [0.3, 0.4) is 0 Å². The Morgan fingerprint density at radius 1 is 1.33 bits per heavy atom. The van der Waals surface area contributed by atoms with Crippen molar-refractivity contribution in [1.82, 2.24) is 15.1 Å². The summed E-state index contributed by atoms with van der Waals surface area (Å²) in [4.78, 5) is 0. The predicted molar refractivity (Wildman–Crippen MR) is 74.7 cm³/mol. The average molecular weight is 264 g/mol. The zero-order valence-electron chi connectivity index (χ0n) is 10.9. The molecule has 0 bridgehead atoms. The number of aromatic nitrogens is 2. The monoisotopic (exact) mass is 263 g/mol. The summed E-state index contributed by atoms with van der Waals surface area (Å²) >= 11 is 5.88. The molecule has 1 aromatic carbocycles. The highest BCUT2D eigenvalue weighted by Crippen LogP contribution is 2.16. The summed E-state index contributed by atoms with van der Waals surface area (Å²) in [6, 6.07) is 10.3. The second-order valence-corrected chi connectivity index (χ2v) is 4.99. The molecule has 1 aromatic heterocycles. The Balaban J connectivity index is 1.98. The normalized spacial score (nSPS) is 12.7. The molecule has 2 rings (SSSR count). The van der Waals surface area contributed by atoms with Gasteiger partial charge < -0.3 is 5.32 Å². The van der Waals surface area contributed by atoms with Gasteiger partial charge in [0.25, 0.3) is 0 Å². The second kappa shape index (κ2) is 5.55. The van der Waals surface area contributed by atoms with Gasteiger partial charge in [0.1, 0.15) is 0 Å². The number of nitrogens with one attached hydrogen (secondary N) is 1. The smallest absolute Gasteiger partial charge is 0.0597 e. The molecule has 0 aliphatic heterocycles. The van der Waals surface area contributed by atoms with Crippen LogP contribution in [0.2, 0.25) is 5.02 Å². The van der Waals surface area contributed by atoms with Crippen LogP contribution in [0.5, 0.6) is 0 Å². The highest BCUT2D eigenvalue weighted by Gasteiger charge is 2.07. The summed E-state index contributed by atoms with van der Waals surface area (Å²) in [5.74, 6) is 0. The molecule has 1 atom stereocenters. The third-order valence-corrected chi connectivity index (χ3v) is 3.31. The van der Waals surface area contributed by atoms with Gasteiger partial charge in [0, 0.05) is 24.7 Å². The van der Waals surface area contributed by atoms with Gasteiger partial charge in [-0.1, -0.05) is 23.7 Å². The van der Waals surface area contributed by atoms with Crippen molar-refractivity contribution < 1.29 is 0 Å². The standard InChI is InChI=1S/C14H18ClN3/c1-10-8-14(18(3)17-10)9-16-11(2)12-4-6-13(15)7-5-12/h4-8,11,16H,9H2,1-3H3. The molecule has 0 spiro atoms. The maximum absolute atomic E-state index is 5.88. The van der Waals surface area contributed by atoms with E-state index in [0.29, 0.717) is 0 Å². The quantitative estimate of drug-likeness (QED) is 0.918. The van der Waals surface area contributed by atoms with Crippen molar-refractivity contribution in [3.05, 3.63) is 52.3 Å². The average Bonchev–Trinajstić information content (AvgIpc) is 2.66. The molecule has 0 amide bonds. The van der Waals surface area contributed by atoms with Crippen LogP contribution in [0.4, 0.5) is 0 Å². The number of hydrogen-bond donors (Lipinski definition) is 1. The van der Waals surface area contributed by atoms with Crippen molar-refractivity contribution in [3.63, 3.8) is 0 Å². The molecule has 0 aliphatic rings. The van der Waals surface area contributed by atoms with Gasteiger partial charge in [-0.3, -0.25) is 4.68 Å². The van der Waals surface area contributed by atoms with E-state index in [1.165, 1.54) is 11.3 Å². The zero-order valence-corrected chi connectivity index (χ0v) is 11.7. The fourth-order valence-electron chi connectivity index (χ4n) is 1.96. The van der Waals surface area contributed by atoms with Crippen LogP contribution in [0.1, 0.15) is 29.9 Å². The molecule has 0 saturated heterocycles. The lowest BCUT2D eigenvalue weighted by Crippen LogP contribution is -2.19. The van der Waals surface area contributed by atoms with Gasteiger partial charge in [0.15, 0.2) is 0 Å². The first-order chi connectivity index (χ1) is 8.56. The summed E-state index contributed by atoms with van der Waals surface area (Å²) in [5, 5.41) is 8.59. The van der Waals surface area contributed by atoms with Gasteiger partial charge in [0.05, 0.1) is 11.4 Å². The van der Waals surface area contributed by atoms with Crippen molar-refractivity contribution in [2.24, 2.45) is 7.05 Å². The molecule has 0 saturated carbocycles. The van der Waals surface area contributed by atoms with E-state index in [1.807, 2.05) is 30.8 Å². The van der Waals surface area contributed by atoms with Gasteiger partial charge in [-0.15, -0.1) is 0 Å². The van der Waals surface area contributed by atoms with E-state index < -0.39 is 0 Å². The van der Waals surface area contributed by atoms with Crippen molar-refractivity contribution in [1.29, 1.82) is 0 Å². The van der Waals surface area contributed by atoms with Crippen LogP contribution in [0, 0.1) is 6.92 Å². The minimum atomic E-state index is 0.289. The van der Waals surface area contributed by atoms with E-state index in [9.17, 15) is 0 Å². The Morgan fingerprint density at radius 3 is 2.56 bits per heavy atom. The number of halogens is 1. The van der Waals surface area contributed by atoms with Crippen molar-refractivity contribution >= 4 is 11.6 Å². The molecular weight excluding hydrogens is 246 g/mol. The number of hydrogen-bond acceptors (Lipinski definition) is 2. The second-order valence-electron chi connectivity index (χ2n) is 4.55. The molecule has 1 heterocycles. The molecule has 96 valence electrons. The summed E-state index contributed by atoms with van der Waals surface area (Å²) in [5.41, 5.74) is 3.47. The van der Waals surface area contributed by atoms with Crippen molar-refractivity contribution in [2.75, 3.05) is 0 Å². The molecule has 2 aromatic rings. The van der Waals surface area contributed by atoms with E-state index in [0.717, 1.165) is 17.3 Å². The van der Waals surface area contributed by atoms with Crippen molar-refractivity contribution in [3.8, 4) is 0 Å². The van der Waals surface area contributed by atoms with Crippen LogP contribution in [0.25, 0.3) is 0 Å². The maximum atomic E-state index is 5.88. The summed E-state index contributed by atoms with van der Waals surface area (Å²) in [6.45, 7) is 4.96. The van der Waals surface area contributed by atoms with E-state index >= 15 is 0 Å². The fourth-order valence-corrected chi connectivity index (χ4v) is 2.08. The van der Waals surface area contributed by atoms with Crippen LogP contribution < -0.4 is 5.32 Å². The molecule has 0 fully saturated rings.